The lowest BCUT2D eigenvalue weighted by Crippen LogP contribution is -2.15. The quantitative estimate of drug-likeness (QED) is 0.791. The third kappa shape index (κ3) is 2.27. The lowest BCUT2D eigenvalue weighted by atomic mass is 10.1. The molecular weight excluding hydrogens is 235 g/mol. The van der Waals surface area contributed by atoms with Gasteiger partial charge in [-0.3, -0.25) is 4.79 Å². The van der Waals surface area contributed by atoms with Crippen LogP contribution in [0.1, 0.15) is 15.9 Å². The van der Waals surface area contributed by atoms with Crippen LogP contribution in [0.4, 0.5) is 15.8 Å². The summed E-state index contributed by atoms with van der Waals surface area (Å²) in [6.07, 6.45) is 2.69. The van der Waals surface area contributed by atoms with Crippen LogP contribution in [-0.4, -0.2) is 16.1 Å². The van der Waals surface area contributed by atoms with Gasteiger partial charge >= 0.3 is 0 Å². The lowest BCUT2D eigenvalue weighted by molar-refractivity contribution is 0.102. The lowest BCUT2D eigenvalue weighted by Gasteiger charge is -2.11. The van der Waals surface area contributed by atoms with Crippen molar-refractivity contribution in [3.8, 4) is 0 Å². The summed E-state index contributed by atoms with van der Waals surface area (Å²) in [5, 5.41) is 9.61. The van der Waals surface area contributed by atoms with Crippen LogP contribution in [0.3, 0.4) is 0 Å². The zero-order chi connectivity index (χ0) is 13.1. The molecule has 1 amide bonds. The Kier molecular flexibility index (Phi) is 3.18. The number of nitrogens with zero attached hydrogens (tertiary/aromatic N) is 2. The van der Waals surface area contributed by atoms with Gasteiger partial charge in [0, 0.05) is 5.69 Å². The molecule has 2 rings (SSSR count). The molecule has 0 radical (unpaired) electrons. The summed E-state index contributed by atoms with van der Waals surface area (Å²) in [6, 6.07) is 4.15. The molecule has 5 nitrogen and oxygen atoms in total. The molecule has 1 aromatic carbocycles. The van der Waals surface area contributed by atoms with E-state index in [9.17, 15) is 9.18 Å². The molecule has 0 aliphatic rings. The molecule has 0 atom stereocenters. The Labute approximate surface area is 103 Å². The average molecular weight is 246 g/mol. The summed E-state index contributed by atoms with van der Waals surface area (Å²) < 4.78 is 13.6. The van der Waals surface area contributed by atoms with Gasteiger partial charge in [0.2, 0.25) is 0 Å². The van der Waals surface area contributed by atoms with Gasteiger partial charge in [0.25, 0.3) is 5.91 Å². The van der Waals surface area contributed by atoms with Crippen molar-refractivity contribution >= 4 is 17.3 Å². The minimum atomic E-state index is -0.530. The van der Waals surface area contributed by atoms with Crippen molar-refractivity contribution in [1.82, 2.24) is 10.2 Å². The number of anilines is 2. The minimum absolute atomic E-state index is 0.0804. The number of nitrogens with two attached hydrogens (primary N) is 1. The minimum Gasteiger partial charge on any atom is -0.398 e. The van der Waals surface area contributed by atoms with Crippen LogP contribution in [-0.2, 0) is 0 Å². The Bertz CT molecular complexity index is 586. The number of aromatic nitrogens is 2. The van der Waals surface area contributed by atoms with E-state index in [0.29, 0.717) is 16.8 Å². The van der Waals surface area contributed by atoms with Gasteiger partial charge < -0.3 is 11.1 Å². The van der Waals surface area contributed by atoms with Gasteiger partial charge in [-0.15, -0.1) is 0 Å². The Balaban J connectivity index is 2.30. The third-order valence-corrected chi connectivity index (χ3v) is 2.54. The van der Waals surface area contributed by atoms with E-state index in [1.807, 2.05) is 0 Å². The smallest absolute Gasteiger partial charge is 0.257 e. The van der Waals surface area contributed by atoms with Crippen LogP contribution in [0.5, 0.6) is 0 Å². The molecule has 0 bridgehead atoms. The van der Waals surface area contributed by atoms with E-state index in [0.717, 1.165) is 0 Å². The van der Waals surface area contributed by atoms with E-state index in [4.69, 9.17) is 5.73 Å². The maximum Gasteiger partial charge on any atom is 0.257 e. The molecule has 18 heavy (non-hydrogen) atoms. The fourth-order valence-corrected chi connectivity index (χ4v) is 1.46. The zero-order valence-corrected chi connectivity index (χ0v) is 9.64. The third-order valence-electron chi connectivity index (χ3n) is 2.54. The Morgan fingerprint density at radius 1 is 1.33 bits per heavy atom. The van der Waals surface area contributed by atoms with Gasteiger partial charge in [0.05, 0.1) is 23.6 Å². The summed E-state index contributed by atoms with van der Waals surface area (Å²) >= 11 is 0. The Hall–Kier alpha value is -2.50. The van der Waals surface area contributed by atoms with Crippen LogP contribution in [0.25, 0.3) is 0 Å². The van der Waals surface area contributed by atoms with Crippen LogP contribution in [0.15, 0.2) is 30.6 Å². The molecule has 0 fully saturated rings. The second-order valence-electron chi connectivity index (χ2n) is 3.72. The summed E-state index contributed by atoms with van der Waals surface area (Å²) in [5.74, 6) is -0.991. The number of nitrogen functional groups attached to an aromatic ring is 1. The Morgan fingerprint density at radius 2 is 2.11 bits per heavy atom. The predicted octanol–water partition coefficient (Wildman–Crippen LogP) is 1.76. The first-order chi connectivity index (χ1) is 8.59. The fraction of sp³-hybridized carbons (Fsp3) is 0.0833. The molecule has 0 saturated carbocycles. The van der Waals surface area contributed by atoms with Crippen molar-refractivity contribution in [2.24, 2.45) is 0 Å². The summed E-state index contributed by atoms with van der Waals surface area (Å²) in [4.78, 5) is 11.8. The number of carbonyl (C=O) groups is 1. The van der Waals surface area contributed by atoms with Crippen LogP contribution < -0.4 is 11.1 Å². The van der Waals surface area contributed by atoms with E-state index in [2.05, 4.69) is 15.5 Å². The van der Waals surface area contributed by atoms with Gasteiger partial charge in [-0.05, 0) is 30.7 Å². The highest BCUT2D eigenvalue weighted by atomic mass is 19.1. The Morgan fingerprint density at radius 3 is 2.78 bits per heavy atom. The molecule has 1 heterocycles. The predicted molar refractivity (Wildman–Crippen MR) is 65.5 cm³/mol. The standard InChI is InChI=1S/C12H11FN4O/c1-7-10(14)3-2-9(13)11(7)17-12(18)8-4-5-15-16-6-8/h2-6H,14H2,1H3,(H,17,18). The van der Waals surface area contributed by atoms with E-state index in [1.165, 1.54) is 30.6 Å². The first-order valence-corrected chi connectivity index (χ1v) is 5.22. The fourth-order valence-electron chi connectivity index (χ4n) is 1.46. The topological polar surface area (TPSA) is 80.9 Å². The van der Waals surface area contributed by atoms with Crippen molar-refractivity contribution in [3.63, 3.8) is 0 Å². The van der Waals surface area contributed by atoms with Gasteiger partial charge in [-0.2, -0.15) is 10.2 Å². The summed E-state index contributed by atoms with van der Waals surface area (Å²) in [5.41, 5.74) is 6.95. The maximum atomic E-state index is 13.6. The van der Waals surface area contributed by atoms with Crippen LogP contribution in [0.2, 0.25) is 0 Å². The molecule has 0 spiro atoms. The maximum absolute atomic E-state index is 13.6. The van der Waals surface area contributed by atoms with Crippen molar-refractivity contribution in [1.29, 1.82) is 0 Å². The molecule has 6 heteroatoms. The van der Waals surface area contributed by atoms with E-state index < -0.39 is 11.7 Å². The van der Waals surface area contributed by atoms with Crippen molar-refractivity contribution in [3.05, 3.63) is 47.5 Å². The molecule has 0 unspecified atom stereocenters. The number of rotatable bonds is 2. The molecule has 0 saturated heterocycles. The normalized spacial score (nSPS) is 10.1. The SMILES string of the molecule is Cc1c(N)ccc(F)c1NC(=O)c1ccnnc1. The number of hydrogen-bond acceptors (Lipinski definition) is 4. The highest BCUT2D eigenvalue weighted by Gasteiger charge is 2.13. The summed E-state index contributed by atoms with van der Waals surface area (Å²) in [7, 11) is 0. The van der Waals surface area contributed by atoms with Gasteiger partial charge in [0.1, 0.15) is 5.82 Å². The molecule has 1 aromatic heterocycles. The molecule has 0 aliphatic carbocycles. The van der Waals surface area contributed by atoms with Gasteiger partial charge in [-0.1, -0.05) is 0 Å². The average Bonchev–Trinajstić information content (AvgIpc) is 2.40. The van der Waals surface area contributed by atoms with E-state index in [1.54, 1.807) is 6.92 Å². The second kappa shape index (κ2) is 4.79. The molecule has 2 aromatic rings. The van der Waals surface area contributed by atoms with Gasteiger partial charge in [0.15, 0.2) is 0 Å². The highest BCUT2D eigenvalue weighted by Crippen LogP contribution is 2.24. The van der Waals surface area contributed by atoms with Gasteiger partial charge in [-0.25, -0.2) is 4.39 Å². The number of halogens is 1. The number of nitrogens with one attached hydrogen (secondary N) is 1. The van der Waals surface area contributed by atoms with Crippen LogP contribution in [0, 0.1) is 12.7 Å². The van der Waals surface area contributed by atoms with E-state index in [-0.39, 0.29) is 5.69 Å². The molecule has 3 N–H and O–H groups in total. The molecule has 92 valence electrons. The number of amides is 1. The first-order valence-electron chi connectivity index (χ1n) is 5.22. The van der Waals surface area contributed by atoms with Crippen molar-refractivity contribution < 1.29 is 9.18 Å². The largest absolute Gasteiger partial charge is 0.398 e. The van der Waals surface area contributed by atoms with Crippen molar-refractivity contribution in [2.75, 3.05) is 11.1 Å². The number of benzene rings is 1. The highest BCUT2D eigenvalue weighted by molar-refractivity contribution is 6.04. The zero-order valence-electron chi connectivity index (χ0n) is 9.64. The number of hydrogen-bond donors (Lipinski definition) is 2. The molecular formula is C12H11FN4O. The van der Waals surface area contributed by atoms with Crippen LogP contribution >= 0.6 is 0 Å². The first kappa shape index (κ1) is 12.0. The van der Waals surface area contributed by atoms with Crippen molar-refractivity contribution in [2.45, 2.75) is 6.92 Å². The van der Waals surface area contributed by atoms with E-state index >= 15 is 0 Å². The second-order valence-corrected chi connectivity index (χ2v) is 3.72. The summed E-state index contributed by atoms with van der Waals surface area (Å²) in [6.45, 7) is 1.64. The monoisotopic (exact) mass is 246 g/mol. The molecule has 0 aliphatic heterocycles. The number of carbonyl (C=O) groups excluding carboxylic acids is 1.